The molecule has 1 aliphatic rings. The van der Waals surface area contributed by atoms with Crippen molar-refractivity contribution in [3.8, 4) is 0 Å². The van der Waals surface area contributed by atoms with Crippen LogP contribution in [0.3, 0.4) is 0 Å². The van der Waals surface area contributed by atoms with Crippen molar-refractivity contribution < 1.29 is 5.11 Å². The Bertz CT molecular complexity index is 360. The van der Waals surface area contributed by atoms with E-state index in [9.17, 15) is 5.11 Å². The van der Waals surface area contributed by atoms with Gasteiger partial charge in [0.25, 0.3) is 0 Å². The lowest BCUT2D eigenvalue weighted by atomic mass is 10.1. The molecule has 18 heavy (non-hydrogen) atoms. The third-order valence-electron chi connectivity index (χ3n) is 4.05. The van der Waals surface area contributed by atoms with Crippen LogP contribution < -0.4 is 4.90 Å². The van der Waals surface area contributed by atoms with Crippen LogP contribution in [-0.2, 0) is 0 Å². The second-order valence-corrected chi connectivity index (χ2v) is 5.41. The van der Waals surface area contributed by atoms with Crippen LogP contribution in [0.25, 0.3) is 0 Å². The van der Waals surface area contributed by atoms with E-state index in [-0.39, 0.29) is 6.10 Å². The third-order valence-corrected chi connectivity index (χ3v) is 4.05. The fourth-order valence-electron chi connectivity index (χ4n) is 2.78. The SMILES string of the molecule is CC[C@@H](O)c1ccc(N2CCCCCC2C)cc1. The highest BCUT2D eigenvalue weighted by Crippen LogP contribution is 2.26. The molecule has 0 amide bonds. The van der Waals surface area contributed by atoms with Crippen LogP contribution in [0.2, 0.25) is 0 Å². The number of anilines is 1. The highest BCUT2D eigenvalue weighted by Gasteiger charge is 2.17. The van der Waals surface area contributed by atoms with Gasteiger partial charge in [0.2, 0.25) is 0 Å². The molecule has 1 heterocycles. The maximum atomic E-state index is 9.81. The molecule has 2 atom stereocenters. The van der Waals surface area contributed by atoms with Gasteiger partial charge in [0.15, 0.2) is 0 Å². The van der Waals surface area contributed by atoms with E-state index < -0.39 is 0 Å². The van der Waals surface area contributed by atoms with Gasteiger partial charge in [-0.1, -0.05) is 31.9 Å². The molecule has 2 rings (SSSR count). The monoisotopic (exact) mass is 247 g/mol. The molecule has 1 N–H and O–H groups in total. The Hall–Kier alpha value is -1.02. The van der Waals surface area contributed by atoms with Gasteiger partial charge in [0.1, 0.15) is 0 Å². The van der Waals surface area contributed by atoms with E-state index in [4.69, 9.17) is 0 Å². The van der Waals surface area contributed by atoms with Crippen LogP contribution in [0.4, 0.5) is 5.69 Å². The van der Waals surface area contributed by atoms with Gasteiger partial charge in [0, 0.05) is 18.3 Å². The van der Waals surface area contributed by atoms with Crippen molar-refractivity contribution in [3.63, 3.8) is 0 Å². The number of nitrogens with zero attached hydrogens (tertiary/aromatic N) is 1. The van der Waals surface area contributed by atoms with Crippen LogP contribution in [0, 0.1) is 0 Å². The van der Waals surface area contributed by atoms with Gasteiger partial charge in [-0.2, -0.15) is 0 Å². The molecule has 0 radical (unpaired) electrons. The molecule has 0 bridgehead atoms. The standard InChI is InChI=1S/C16H25NO/c1-3-16(18)14-8-10-15(11-9-14)17-12-6-4-5-7-13(17)2/h8-11,13,16,18H,3-7,12H2,1-2H3/t13?,16-/m1/s1. The molecule has 1 aromatic carbocycles. The van der Waals surface area contributed by atoms with Gasteiger partial charge >= 0.3 is 0 Å². The molecule has 1 aliphatic heterocycles. The van der Waals surface area contributed by atoms with Crippen molar-refractivity contribution in [2.45, 2.75) is 58.1 Å². The minimum Gasteiger partial charge on any atom is -0.388 e. The van der Waals surface area contributed by atoms with E-state index in [0.29, 0.717) is 6.04 Å². The van der Waals surface area contributed by atoms with Crippen molar-refractivity contribution in [1.82, 2.24) is 0 Å². The molecule has 100 valence electrons. The highest BCUT2D eigenvalue weighted by atomic mass is 16.3. The maximum absolute atomic E-state index is 9.81. The van der Waals surface area contributed by atoms with Gasteiger partial charge in [-0.25, -0.2) is 0 Å². The summed E-state index contributed by atoms with van der Waals surface area (Å²) in [7, 11) is 0. The zero-order chi connectivity index (χ0) is 13.0. The van der Waals surface area contributed by atoms with Gasteiger partial charge in [0.05, 0.1) is 6.10 Å². The number of hydrogen-bond acceptors (Lipinski definition) is 2. The molecular formula is C16H25NO. The summed E-state index contributed by atoms with van der Waals surface area (Å²) in [6.07, 6.45) is 5.75. The first-order chi connectivity index (χ1) is 8.72. The second-order valence-electron chi connectivity index (χ2n) is 5.41. The Labute approximate surface area is 111 Å². The Morgan fingerprint density at radius 3 is 2.61 bits per heavy atom. The number of aliphatic hydroxyl groups is 1. The Morgan fingerprint density at radius 2 is 1.94 bits per heavy atom. The summed E-state index contributed by atoms with van der Waals surface area (Å²) in [5.74, 6) is 0. The molecule has 0 aliphatic carbocycles. The van der Waals surface area contributed by atoms with Gasteiger partial charge in [-0.3, -0.25) is 0 Å². The summed E-state index contributed by atoms with van der Waals surface area (Å²) in [5.41, 5.74) is 2.33. The fourth-order valence-corrected chi connectivity index (χ4v) is 2.78. The average molecular weight is 247 g/mol. The van der Waals surface area contributed by atoms with Gasteiger partial charge in [-0.15, -0.1) is 0 Å². The van der Waals surface area contributed by atoms with Crippen LogP contribution in [0.1, 0.15) is 57.6 Å². The third kappa shape index (κ3) is 3.05. The first kappa shape index (κ1) is 13.4. The van der Waals surface area contributed by atoms with Crippen molar-refractivity contribution in [2.24, 2.45) is 0 Å². The van der Waals surface area contributed by atoms with E-state index in [2.05, 4.69) is 36.1 Å². The molecule has 1 aromatic rings. The summed E-state index contributed by atoms with van der Waals surface area (Å²) in [6.45, 7) is 5.49. The molecule has 2 nitrogen and oxygen atoms in total. The van der Waals surface area contributed by atoms with Gasteiger partial charge in [-0.05, 0) is 43.9 Å². The molecule has 2 heteroatoms. The summed E-state index contributed by atoms with van der Waals surface area (Å²) in [5, 5.41) is 9.81. The van der Waals surface area contributed by atoms with Crippen LogP contribution in [-0.4, -0.2) is 17.7 Å². The highest BCUT2D eigenvalue weighted by molar-refractivity contribution is 5.49. The molecule has 0 spiro atoms. The lowest BCUT2D eigenvalue weighted by molar-refractivity contribution is 0.173. The molecule has 0 aromatic heterocycles. The van der Waals surface area contributed by atoms with Crippen LogP contribution in [0.5, 0.6) is 0 Å². The Morgan fingerprint density at radius 1 is 1.22 bits per heavy atom. The zero-order valence-electron chi connectivity index (χ0n) is 11.6. The van der Waals surface area contributed by atoms with E-state index in [1.54, 1.807) is 0 Å². The topological polar surface area (TPSA) is 23.5 Å². The van der Waals surface area contributed by atoms with E-state index in [0.717, 1.165) is 18.5 Å². The van der Waals surface area contributed by atoms with Crippen LogP contribution in [0.15, 0.2) is 24.3 Å². The van der Waals surface area contributed by atoms with Gasteiger partial charge < -0.3 is 10.0 Å². The number of aliphatic hydroxyl groups excluding tert-OH is 1. The lowest BCUT2D eigenvalue weighted by Gasteiger charge is -2.29. The smallest absolute Gasteiger partial charge is 0.0787 e. The van der Waals surface area contributed by atoms with E-state index in [1.807, 2.05) is 6.92 Å². The largest absolute Gasteiger partial charge is 0.388 e. The average Bonchev–Trinajstić information content (AvgIpc) is 2.63. The first-order valence-corrected chi connectivity index (χ1v) is 7.27. The van der Waals surface area contributed by atoms with E-state index in [1.165, 1.54) is 31.4 Å². The van der Waals surface area contributed by atoms with Crippen molar-refractivity contribution >= 4 is 5.69 Å². The maximum Gasteiger partial charge on any atom is 0.0787 e. The Balaban J connectivity index is 2.12. The Kier molecular flexibility index (Phi) is 4.65. The molecular weight excluding hydrogens is 222 g/mol. The molecule has 1 fully saturated rings. The van der Waals surface area contributed by atoms with Crippen molar-refractivity contribution in [3.05, 3.63) is 29.8 Å². The minimum absolute atomic E-state index is 0.319. The summed E-state index contributed by atoms with van der Waals surface area (Å²) in [4.78, 5) is 2.51. The number of benzene rings is 1. The zero-order valence-corrected chi connectivity index (χ0v) is 11.6. The second kappa shape index (κ2) is 6.24. The predicted octanol–water partition coefficient (Wildman–Crippen LogP) is 3.90. The predicted molar refractivity (Wildman–Crippen MR) is 77.0 cm³/mol. The lowest BCUT2D eigenvalue weighted by Crippen LogP contribution is -2.32. The summed E-state index contributed by atoms with van der Waals surface area (Å²) < 4.78 is 0. The van der Waals surface area contributed by atoms with Crippen LogP contribution >= 0.6 is 0 Å². The first-order valence-electron chi connectivity index (χ1n) is 7.27. The number of hydrogen-bond donors (Lipinski definition) is 1. The fraction of sp³-hybridized carbons (Fsp3) is 0.625. The quantitative estimate of drug-likeness (QED) is 0.875. The van der Waals surface area contributed by atoms with Crippen molar-refractivity contribution in [1.29, 1.82) is 0 Å². The van der Waals surface area contributed by atoms with Crippen molar-refractivity contribution in [2.75, 3.05) is 11.4 Å². The normalized spacial score (nSPS) is 22.6. The summed E-state index contributed by atoms with van der Waals surface area (Å²) >= 11 is 0. The minimum atomic E-state index is -0.319. The summed E-state index contributed by atoms with van der Waals surface area (Å²) in [6, 6.07) is 9.10. The number of rotatable bonds is 3. The van der Waals surface area contributed by atoms with E-state index >= 15 is 0 Å². The molecule has 1 saturated heterocycles. The molecule has 0 saturated carbocycles. The molecule has 1 unspecified atom stereocenters.